The van der Waals surface area contributed by atoms with E-state index in [0.717, 1.165) is 9.24 Å². The van der Waals surface area contributed by atoms with Gasteiger partial charge in [-0.3, -0.25) is 0 Å². The highest BCUT2D eigenvalue weighted by Crippen LogP contribution is 2.31. The highest BCUT2D eigenvalue weighted by atomic mass is 79.9. The number of rotatable bonds is 1. The Balaban J connectivity index is 2.17. The van der Waals surface area contributed by atoms with E-state index in [1.807, 2.05) is 0 Å². The fourth-order valence-corrected chi connectivity index (χ4v) is 2.99. The second kappa shape index (κ2) is 4.02. The van der Waals surface area contributed by atoms with Crippen LogP contribution in [0.15, 0.2) is 10.2 Å². The zero-order valence-corrected chi connectivity index (χ0v) is 11.4. The molecule has 1 aliphatic heterocycles. The zero-order valence-electron chi connectivity index (χ0n) is 8.21. The summed E-state index contributed by atoms with van der Waals surface area (Å²) in [7, 11) is 2.07. The largest absolute Gasteiger partial charge is 0.202 e. The van der Waals surface area contributed by atoms with Gasteiger partial charge in [-0.2, -0.15) is 0 Å². The SMILES string of the molecule is C[N+]1(C2CCCCC2)N=C(Br)C(Br)=N1. The maximum atomic E-state index is 4.55. The van der Waals surface area contributed by atoms with Gasteiger partial charge in [0.15, 0.2) is 0 Å². The molecule has 0 atom stereocenters. The van der Waals surface area contributed by atoms with Crippen molar-refractivity contribution in [1.82, 2.24) is 0 Å². The van der Waals surface area contributed by atoms with Gasteiger partial charge in [0.2, 0.25) is 9.24 Å². The Labute approximate surface area is 101 Å². The van der Waals surface area contributed by atoms with Crippen molar-refractivity contribution >= 4 is 41.1 Å². The third-order valence-corrected chi connectivity index (χ3v) is 4.62. The van der Waals surface area contributed by atoms with Gasteiger partial charge in [0, 0.05) is 12.8 Å². The number of quaternary nitrogens is 1. The summed E-state index contributed by atoms with van der Waals surface area (Å²) in [6.07, 6.45) is 6.48. The van der Waals surface area contributed by atoms with Crippen LogP contribution >= 0.6 is 31.9 Å². The van der Waals surface area contributed by atoms with Crippen LogP contribution in [0.5, 0.6) is 0 Å². The average Bonchev–Trinajstić information content (AvgIpc) is 2.44. The number of halogens is 2. The Bertz CT molecular complexity index is 274. The van der Waals surface area contributed by atoms with Crippen LogP contribution < -0.4 is 0 Å². The molecule has 1 aliphatic carbocycles. The molecule has 14 heavy (non-hydrogen) atoms. The Kier molecular flexibility index (Phi) is 3.09. The first-order chi connectivity index (χ1) is 6.62. The Hall–Kier alpha value is 0.260. The summed E-state index contributed by atoms with van der Waals surface area (Å²) in [5, 5.41) is 9.09. The number of nitrogens with zero attached hydrogens (tertiary/aromatic N) is 3. The highest BCUT2D eigenvalue weighted by molar-refractivity contribution is 9.25. The van der Waals surface area contributed by atoms with Crippen LogP contribution in [-0.4, -0.2) is 27.0 Å². The first-order valence-corrected chi connectivity index (χ1v) is 6.58. The predicted molar refractivity (Wildman–Crippen MR) is 65.8 cm³/mol. The van der Waals surface area contributed by atoms with Crippen molar-refractivity contribution in [3.05, 3.63) is 0 Å². The van der Waals surface area contributed by atoms with E-state index < -0.39 is 0 Å². The van der Waals surface area contributed by atoms with Gasteiger partial charge in [-0.15, -0.1) is 0 Å². The van der Waals surface area contributed by atoms with Crippen LogP contribution in [-0.2, 0) is 0 Å². The van der Waals surface area contributed by atoms with Gasteiger partial charge in [-0.25, -0.2) is 0 Å². The molecule has 0 saturated heterocycles. The standard InChI is InChI=1S/C9H14Br2N3/c1-14(7-5-3-2-4-6-7)12-8(10)9(11)13-14/h7H,2-6H2,1H3/q+1. The summed E-state index contributed by atoms with van der Waals surface area (Å²) >= 11 is 6.81. The lowest BCUT2D eigenvalue weighted by molar-refractivity contribution is -0.945. The summed E-state index contributed by atoms with van der Waals surface area (Å²) in [6, 6.07) is 0.561. The molecule has 0 aromatic heterocycles. The van der Waals surface area contributed by atoms with Crippen LogP contribution in [0.2, 0.25) is 0 Å². The summed E-state index contributed by atoms with van der Waals surface area (Å²) in [4.78, 5) is 0. The lowest BCUT2D eigenvalue weighted by Crippen LogP contribution is -2.42. The third-order valence-electron chi connectivity index (χ3n) is 3.02. The first-order valence-electron chi connectivity index (χ1n) is 5.00. The maximum absolute atomic E-state index is 4.55. The van der Waals surface area contributed by atoms with E-state index in [1.54, 1.807) is 0 Å². The molecular weight excluding hydrogens is 310 g/mol. The van der Waals surface area contributed by atoms with E-state index in [-0.39, 0.29) is 0 Å². The molecule has 78 valence electrons. The van der Waals surface area contributed by atoms with Crippen molar-refractivity contribution in [3.8, 4) is 0 Å². The minimum Gasteiger partial charge on any atom is -0.0754 e. The summed E-state index contributed by atoms with van der Waals surface area (Å²) in [5.74, 6) is 0. The molecule has 0 radical (unpaired) electrons. The van der Waals surface area contributed by atoms with Crippen molar-refractivity contribution in [2.75, 3.05) is 7.05 Å². The van der Waals surface area contributed by atoms with E-state index in [9.17, 15) is 0 Å². The molecule has 0 amide bonds. The lowest BCUT2D eigenvalue weighted by atomic mass is 9.95. The molecule has 0 aromatic rings. The number of hydrogen-bond donors (Lipinski definition) is 0. The lowest BCUT2D eigenvalue weighted by Gasteiger charge is -2.30. The highest BCUT2D eigenvalue weighted by Gasteiger charge is 2.40. The quantitative estimate of drug-likeness (QED) is 0.662. The second-order valence-electron chi connectivity index (χ2n) is 4.05. The van der Waals surface area contributed by atoms with Crippen molar-refractivity contribution in [3.63, 3.8) is 0 Å². The topological polar surface area (TPSA) is 24.7 Å². The minimum atomic E-state index is 0.473. The predicted octanol–water partition coefficient (Wildman–Crippen LogP) is 3.20. The monoisotopic (exact) mass is 322 g/mol. The van der Waals surface area contributed by atoms with Crippen LogP contribution in [0, 0.1) is 0 Å². The summed E-state index contributed by atoms with van der Waals surface area (Å²) in [5.41, 5.74) is 0. The van der Waals surface area contributed by atoms with E-state index >= 15 is 0 Å². The van der Waals surface area contributed by atoms with Crippen LogP contribution in [0.1, 0.15) is 32.1 Å². The molecule has 3 nitrogen and oxygen atoms in total. The van der Waals surface area contributed by atoms with Gasteiger partial charge in [0.25, 0.3) is 0 Å². The molecule has 1 fully saturated rings. The van der Waals surface area contributed by atoms with E-state index in [4.69, 9.17) is 0 Å². The smallest absolute Gasteiger partial charge is 0.0754 e. The van der Waals surface area contributed by atoms with E-state index in [0.29, 0.717) is 10.7 Å². The van der Waals surface area contributed by atoms with Gasteiger partial charge in [0.1, 0.15) is 13.1 Å². The normalized spacial score (nSPS) is 27.4. The molecular formula is C9H14Br2N3+. The molecule has 1 heterocycles. The van der Waals surface area contributed by atoms with Crippen molar-refractivity contribution in [2.24, 2.45) is 10.2 Å². The summed E-state index contributed by atoms with van der Waals surface area (Å²) in [6.45, 7) is 0. The Morgan fingerprint density at radius 1 is 1.07 bits per heavy atom. The molecule has 0 bridgehead atoms. The van der Waals surface area contributed by atoms with Gasteiger partial charge in [-0.1, -0.05) is 11.1 Å². The van der Waals surface area contributed by atoms with Crippen molar-refractivity contribution in [2.45, 2.75) is 38.1 Å². The van der Waals surface area contributed by atoms with Gasteiger partial charge >= 0.3 is 0 Å². The molecule has 0 spiro atoms. The molecule has 0 N–H and O–H groups in total. The average molecular weight is 324 g/mol. The molecule has 0 unspecified atom stereocenters. The van der Waals surface area contributed by atoms with E-state index in [2.05, 4.69) is 49.1 Å². The Morgan fingerprint density at radius 2 is 1.57 bits per heavy atom. The zero-order chi connectivity index (χ0) is 10.2. The van der Waals surface area contributed by atoms with Gasteiger partial charge in [0.05, 0.1) is 0 Å². The molecule has 5 heteroatoms. The summed E-state index contributed by atoms with van der Waals surface area (Å²) < 4.78 is 2.15. The maximum Gasteiger partial charge on any atom is 0.202 e. The van der Waals surface area contributed by atoms with Crippen LogP contribution in [0.25, 0.3) is 0 Å². The van der Waals surface area contributed by atoms with Crippen molar-refractivity contribution in [1.29, 1.82) is 0 Å². The fraction of sp³-hybridized carbons (Fsp3) is 0.778. The molecule has 1 saturated carbocycles. The van der Waals surface area contributed by atoms with Crippen LogP contribution in [0.3, 0.4) is 0 Å². The second-order valence-corrected chi connectivity index (χ2v) is 5.55. The van der Waals surface area contributed by atoms with E-state index in [1.165, 1.54) is 32.1 Å². The molecule has 2 aliphatic rings. The fourth-order valence-electron chi connectivity index (χ4n) is 2.19. The molecule has 2 rings (SSSR count). The minimum absolute atomic E-state index is 0.473. The first kappa shape index (κ1) is 10.8. The molecule has 0 aromatic carbocycles. The Morgan fingerprint density at radius 3 is 2.07 bits per heavy atom. The van der Waals surface area contributed by atoms with Gasteiger partial charge in [-0.05, 0) is 54.9 Å². The third kappa shape index (κ3) is 1.95. The number of hydrogen-bond acceptors (Lipinski definition) is 2. The van der Waals surface area contributed by atoms with Crippen LogP contribution in [0.4, 0.5) is 0 Å². The van der Waals surface area contributed by atoms with Gasteiger partial charge < -0.3 is 0 Å². The van der Waals surface area contributed by atoms with Crippen molar-refractivity contribution < 1.29 is 4.70 Å².